The lowest BCUT2D eigenvalue weighted by Crippen LogP contribution is -2.30. The third-order valence-electron chi connectivity index (χ3n) is 1.91. The van der Waals surface area contributed by atoms with Crippen LogP contribution in [0.4, 0.5) is 17.6 Å². The quantitative estimate of drug-likeness (QED) is 0.830. The standard InChI is InChI=1S/C11H11F4NO.H2S/c1-6(2)16-10(17)7-3-8(11(13,14)15)5-9(12)4-7;/h3-6H,1-2H3,(H,16,17);1H2. The van der Waals surface area contributed by atoms with Crippen LogP contribution >= 0.6 is 13.5 Å². The van der Waals surface area contributed by atoms with Crippen LogP contribution in [0, 0.1) is 5.82 Å². The Balaban J connectivity index is 0.00000289. The second kappa shape index (κ2) is 6.08. The predicted molar refractivity (Wildman–Crippen MR) is 64.4 cm³/mol. The van der Waals surface area contributed by atoms with E-state index in [-0.39, 0.29) is 25.1 Å². The van der Waals surface area contributed by atoms with Crippen LogP contribution in [0.1, 0.15) is 29.8 Å². The zero-order chi connectivity index (χ0) is 13.2. The van der Waals surface area contributed by atoms with E-state index in [2.05, 4.69) is 5.32 Å². The molecule has 0 bridgehead atoms. The van der Waals surface area contributed by atoms with Gasteiger partial charge in [0.2, 0.25) is 0 Å². The van der Waals surface area contributed by atoms with Gasteiger partial charge in [-0.05, 0) is 32.0 Å². The maximum absolute atomic E-state index is 13.0. The Hall–Kier alpha value is -1.24. The van der Waals surface area contributed by atoms with E-state index in [0.717, 1.165) is 6.07 Å². The number of carbonyl (C=O) groups is 1. The van der Waals surface area contributed by atoms with Crippen LogP contribution < -0.4 is 5.32 Å². The van der Waals surface area contributed by atoms with Crippen molar-refractivity contribution in [3.63, 3.8) is 0 Å². The Morgan fingerprint density at radius 1 is 1.22 bits per heavy atom. The molecule has 0 saturated heterocycles. The summed E-state index contributed by atoms with van der Waals surface area (Å²) in [6.45, 7) is 3.31. The molecule has 0 atom stereocenters. The first-order chi connectivity index (χ1) is 7.70. The molecular weight excluding hydrogens is 270 g/mol. The third-order valence-corrected chi connectivity index (χ3v) is 1.91. The molecule has 1 aromatic rings. The lowest BCUT2D eigenvalue weighted by Gasteiger charge is -2.11. The molecule has 0 radical (unpaired) electrons. The van der Waals surface area contributed by atoms with E-state index in [1.807, 2.05) is 0 Å². The molecule has 1 rings (SSSR count). The van der Waals surface area contributed by atoms with Crippen LogP contribution in [0.25, 0.3) is 0 Å². The summed E-state index contributed by atoms with van der Waals surface area (Å²) < 4.78 is 50.1. The average molecular weight is 283 g/mol. The minimum absolute atomic E-state index is 0. The van der Waals surface area contributed by atoms with Crippen molar-refractivity contribution in [3.8, 4) is 0 Å². The summed E-state index contributed by atoms with van der Waals surface area (Å²) in [4.78, 5) is 11.4. The highest BCUT2D eigenvalue weighted by molar-refractivity contribution is 7.59. The summed E-state index contributed by atoms with van der Waals surface area (Å²) in [5.74, 6) is -1.82. The Morgan fingerprint density at radius 3 is 2.22 bits per heavy atom. The molecule has 7 heteroatoms. The first-order valence-electron chi connectivity index (χ1n) is 4.89. The summed E-state index contributed by atoms with van der Waals surface area (Å²) in [7, 11) is 0. The van der Waals surface area contributed by atoms with Crippen molar-refractivity contribution in [2.45, 2.75) is 26.1 Å². The number of amides is 1. The molecular formula is C11H13F4NOS. The van der Waals surface area contributed by atoms with Crippen LogP contribution in [0.15, 0.2) is 18.2 Å². The third kappa shape index (κ3) is 4.56. The van der Waals surface area contributed by atoms with Crippen LogP contribution in [0.5, 0.6) is 0 Å². The zero-order valence-corrected chi connectivity index (χ0v) is 10.7. The SMILES string of the molecule is CC(C)NC(=O)c1cc(F)cc(C(F)(F)F)c1.S. The van der Waals surface area contributed by atoms with E-state index in [4.69, 9.17) is 0 Å². The predicted octanol–water partition coefficient (Wildman–Crippen LogP) is 3.10. The Morgan fingerprint density at radius 2 is 1.78 bits per heavy atom. The molecule has 18 heavy (non-hydrogen) atoms. The van der Waals surface area contributed by atoms with Gasteiger partial charge in [0, 0.05) is 11.6 Å². The van der Waals surface area contributed by atoms with Crippen molar-refractivity contribution in [1.29, 1.82) is 0 Å². The van der Waals surface area contributed by atoms with Crippen LogP contribution in [0.3, 0.4) is 0 Å². The highest BCUT2D eigenvalue weighted by Crippen LogP contribution is 2.30. The number of halogens is 4. The lowest BCUT2D eigenvalue weighted by molar-refractivity contribution is -0.137. The molecule has 1 N–H and O–H groups in total. The van der Waals surface area contributed by atoms with E-state index < -0.39 is 23.5 Å². The summed E-state index contributed by atoms with van der Waals surface area (Å²) in [6.07, 6.45) is -4.67. The molecule has 0 aliphatic carbocycles. The molecule has 0 aromatic heterocycles. The normalized spacial score (nSPS) is 11.1. The minimum Gasteiger partial charge on any atom is -0.350 e. The van der Waals surface area contributed by atoms with E-state index in [1.54, 1.807) is 13.8 Å². The van der Waals surface area contributed by atoms with Crippen molar-refractivity contribution < 1.29 is 22.4 Å². The van der Waals surface area contributed by atoms with E-state index in [9.17, 15) is 22.4 Å². The topological polar surface area (TPSA) is 29.1 Å². The lowest BCUT2D eigenvalue weighted by atomic mass is 10.1. The highest BCUT2D eigenvalue weighted by atomic mass is 32.1. The Kier molecular flexibility index (Phi) is 5.66. The van der Waals surface area contributed by atoms with Gasteiger partial charge in [0.05, 0.1) is 5.56 Å². The molecule has 0 heterocycles. The number of rotatable bonds is 2. The van der Waals surface area contributed by atoms with Gasteiger partial charge in [-0.1, -0.05) is 0 Å². The number of nitrogens with one attached hydrogen (secondary N) is 1. The molecule has 0 fully saturated rings. The Labute approximate surface area is 109 Å². The molecule has 2 nitrogen and oxygen atoms in total. The van der Waals surface area contributed by atoms with Crippen LogP contribution in [-0.2, 0) is 6.18 Å². The largest absolute Gasteiger partial charge is 0.416 e. The van der Waals surface area contributed by atoms with Gasteiger partial charge in [0.25, 0.3) is 5.91 Å². The van der Waals surface area contributed by atoms with Gasteiger partial charge < -0.3 is 5.32 Å². The maximum Gasteiger partial charge on any atom is 0.416 e. The number of hydrogen-bond acceptors (Lipinski definition) is 1. The smallest absolute Gasteiger partial charge is 0.350 e. The molecule has 0 aliphatic rings. The molecule has 0 aliphatic heterocycles. The van der Waals surface area contributed by atoms with Gasteiger partial charge in [-0.2, -0.15) is 26.7 Å². The summed E-state index contributed by atoms with van der Waals surface area (Å²) >= 11 is 0. The molecule has 102 valence electrons. The molecule has 0 spiro atoms. The van der Waals surface area contributed by atoms with Crippen molar-refractivity contribution in [2.75, 3.05) is 0 Å². The summed E-state index contributed by atoms with van der Waals surface area (Å²) in [5.41, 5.74) is -1.52. The number of hydrogen-bond donors (Lipinski definition) is 1. The van der Waals surface area contributed by atoms with Crippen LogP contribution in [-0.4, -0.2) is 11.9 Å². The fourth-order valence-electron chi connectivity index (χ4n) is 1.23. The van der Waals surface area contributed by atoms with Crippen molar-refractivity contribution in [2.24, 2.45) is 0 Å². The first-order valence-corrected chi connectivity index (χ1v) is 4.89. The molecule has 0 unspecified atom stereocenters. The Bertz CT molecular complexity index is 432. The maximum atomic E-state index is 13.0. The molecule has 1 aromatic carbocycles. The summed E-state index contributed by atoms with van der Waals surface area (Å²) in [6, 6.07) is 1.51. The second-order valence-corrected chi connectivity index (χ2v) is 3.85. The zero-order valence-electron chi connectivity index (χ0n) is 9.73. The van der Waals surface area contributed by atoms with Gasteiger partial charge >= 0.3 is 6.18 Å². The summed E-state index contributed by atoms with van der Waals surface area (Å²) in [5, 5.41) is 2.39. The number of benzene rings is 1. The highest BCUT2D eigenvalue weighted by Gasteiger charge is 2.31. The van der Waals surface area contributed by atoms with E-state index in [1.165, 1.54) is 0 Å². The van der Waals surface area contributed by atoms with Crippen molar-refractivity contribution in [3.05, 3.63) is 35.1 Å². The van der Waals surface area contributed by atoms with E-state index in [0.29, 0.717) is 12.1 Å². The molecule has 0 saturated carbocycles. The molecule has 1 amide bonds. The number of carbonyl (C=O) groups excluding carboxylic acids is 1. The van der Waals surface area contributed by atoms with Crippen LogP contribution in [0.2, 0.25) is 0 Å². The average Bonchev–Trinajstić information content (AvgIpc) is 2.14. The van der Waals surface area contributed by atoms with Gasteiger partial charge in [-0.3, -0.25) is 4.79 Å². The van der Waals surface area contributed by atoms with Gasteiger partial charge in [-0.25, -0.2) is 4.39 Å². The first kappa shape index (κ1) is 16.8. The monoisotopic (exact) mass is 283 g/mol. The van der Waals surface area contributed by atoms with Gasteiger partial charge in [0.15, 0.2) is 0 Å². The van der Waals surface area contributed by atoms with E-state index >= 15 is 0 Å². The van der Waals surface area contributed by atoms with Crippen molar-refractivity contribution in [1.82, 2.24) is 5.32 Å². The second-order valence-electron chi connectivity index (χ2n) is 3.85. The van der Waals surface area contributed by atoms with Crippen molar-refractivity contribution >= 4 is 19.4 Å². The van der Waals surface area contributed by atoms with Gasteiger partial charge in [-0.15, -0.1) is 0 Å². The minimum atomic E-state index is -4.67. The van der Waals surface area contributed by atoms with Gasteiger partial charge in [0.1, 0.15) is 5.82 Å². The fraction of sp³-hybridized carbons (Fsp3) is 0.364. The number of alkyl halides is 3. The fourth-order valence-corrected chi connectivity index (χ4v) is 1.23.